The van der Waals surface area contributed by atoms with Gasteiger partial charge in [0, 0.05) is 38.2 Å². The van der Waals surface area contributed by atoms with Crippen LogP contribution in [0.3, 0.4) is 0 Å². The Labute approximate surface area is 188 Å². The van der Waals surface area contributed by atoms with E-state index in [0.29, 0.717) is 51.2 Å². The molecule has 2 aliphatic heterocycles. The second-order valence-electron chi connectivity index (χ2n) is 8.01. The van der Waals surface area contributed by atoms with Gasteiger partial charge in [-0.25, -0.2) is 4.79 Å². The van der Waals surface area contributed by atoms with Crippen LogP contribution in [0.4, 0.5) is 10.5 Å². The maximum Gasteiger partial charge on any atom is 0.321 e. The lowest BCUT2D eigenvalue weighted by Gasteiger charge is -2.43. The summed E-state index contributed by atoms with van der Waals surface area (Å²) in [4.78, 5) is 29.4. The number of piperidine rings is 1. The van der Waals surface area contributed by atoms with Gasteiger partial charge in [0.2, 0.25) is 5.91 Å². The Hall–Kier alpha value is -3.26. The summed E-state index contributed by atoms with van der Waals surface area (Å²) in [5.41, 5.74) is 1.03. The van der Waals surface area contributed by atoms with Crippen LogP contribution in [0.1, 0.15) is 18.4 Å². The first kappa shape index (κ1) is 22.0. The predicted molar refractivity (Wildman–Crippen MR) is 120 cm³/mol. The highest BCUT2D eigenvalue weighted by molar-refractivity contribution is 5.89. The number of methoxy groups -OCH3 is 2. The zero-order valence-corrected chi connectivity index (χ0v) is 18.5. The number of carbonyl (C=O) groups is 2. The molecule has 3 amide bonds. The Bertz CT molecular complexity index is 937. The third kappa shape index (κ3) is 4.65. The third-order valence-electron chi connectivity index (χ3n) is 6.17. The molecule has 2 aromatic carbocycles. The molecule has 2 heterocycles. The van der Waals surface area contributed by atoms with Crippen LogP contribution in [0.2, 0.25) is 0 Å². The average molecular weight is 440 g/mol. The third-order valence-corrected chi connectivity index (χ3v) is 6.17. The number of rotatable bonds is 5. The number of likely N-dealkylation sites (tertiary alicyclic amines) is 1. The second-order valence-corrected chi connectivity index (χ2v) is 8.01. The van der Waals surface area contributed by atoms with Crippen molar-refractivity contribution in [2.24, 2.45) is 0 Å². The molecule has 0 atom stereocenters. The molecule has 2 saturated heterocycles. The summed E-state index contributed by atoms with van der Waals surface area (Å²) < 4.78 is 16.4. The molecule has 0 radical (unpaired) electrons. The number of hydrogen-bond acceptors (Lipinski definition) is 5. The quantitative estimate of drug-likeness (QED) is 0.774. The zero-order chi connectivity index (χ0) is 22.6. The van der Waals surface area contributed by atoms with Crippen LogP contribution in [-0.2, 0) is 16.0 Å². The first-order valence-corrected chi connectivity index (χ1v) is 10.8. The first-order chi connectivity index (χ1) is 15.5. The second kappa shape index (κ2) is 9.48. The summed E-state index contributed by atoms with van der Waals surface area (Å²) in [6, 6.07) is 14.6. The van der Waals surface area contributed by atoms with Crippen LogP contribution in [-0.4, -0.2) is 67.9 Å². The standard InChI is InChI=1S/C24H29N3O5/c1-30-20-7-3-18(4-8-20)17-22(28)27-15-16-32-24(27)11-13-26(14-12-24)23(29)25-19-5-9-21(31-2)10-6-19/h3-10H,11-17H2,1-2H3,(H,25,29). The van der Waals surface area contributed by atoms with E-state index in [1.54, 1.807) is 31.3 Å². The number of urea groups is 1. The normalized spacial score (nSPS) is 17.3. The SMILES string of the molecule is COc1ccc(CC(=O)N2CCOC23CCN(C(=O)Nc2ccc(OC)cc2)CC3)cc1. The Morgan fingerprint density at radius 2 is 1.53 bits per heavy atom. The van der Waals surface area contributed by atoms with Gasteiger partial charge in [-0.05, 0) is 42.0 Å². The van der Waals surface area contributed by atoms with Crippen LogP contribution >= 0.6 is 0 Å². The van der Waals surface area contributed by atoms with Crippen LogP contribution in [0.15, 0.2) is 48.5 Å². The molecular weight excluding hydrogens is 410 g/mol. The van der Waals surface area contributed by atoms with E-state index in [0.717, 1.165) is 17.1 Å². The number of carbonyl (C=O) groups excluding carboxylic acids is 2. The van der Waals surface area contributed by atoms with E-state index in [2.05, 4.69) is 5.32 Å². The number of ether oxygens (including phenoxy) is 3. The van der Waals surface area contributed by atoms with Crippen molar-refractivity contribution in [2.75, 3.05) is 45.8 Å². The van der Waals surface area contributed by atoms with Gasteiger partial charge in [0.1, 0.15) is 17.2 Å². The molecule has 4 rings (SSSR count). The molecular formula is C24H29N3O5. The van der Waals surface area contributed by atoms with E-state index in [1.165, 1.54) is 0 Å². The van der Waals surface area contributed by atoms with Crippen molar-refractivity contribution < 1.29 is 23.8 Å². The van der Waals surface area contributed by atoms with Crippen molar-refractivity contribution in [1.82, 2.24) is 9.80 Å². The van der Waals surface area contributed by atoms with Gasteiger partial charge in [-0.1, -0.05) is 12.1 Å². The highest BCUT2D eigenvalue weighted by atomic mass is 16.5. The molecule has 0 saturated carbocycles. The smallest absolute Gasteiger partial charge is 0.321 e. The lowest BCUT2D eigenvalue weighted by Crippen LogP contribution is -2.56. The average Bonchev–Trinajstić information content (AvgIpc) is 3.23. The molecule has 0 bridgehead atoms. The number of nitrogens with one attached hydrogen (secondary N) is 1. The summed E-state index contributed by atoms with van der Waals surface area (Å²) >= 11 is 0. The van der Waals surface area contributed by atoms with E-state index in [1.807, 2.05) is 41.3 Å². The predicted octanol–water partition coefficient (Wildman–Crippen LogP) is 3.13. The lowest BCUT2D eigenvalue weighted by molar-refractivity contribution is -0.156. The summed E-state index contributed by atoms with van der Waals surface area (Å²) in [5, 5.41) is 2.92. The van der Waals surface area contributed by atoms with Crippen molar-refractivity contribution >= 4 is 17.6 Å². The van der Waals surface area contributed by atoms with Gasteiger partial charge in [0.25, 0.3) is 0 Å². The number of anilines is 1. The van der Waals surface area contributed by atoms with Crippen molar-refractivity contribution in [2.45, 2.75) is 25.0 Å². The van der Waals surface area contributed by atoms with Gasteiger partial charge >= 0.3 is 6.03 Å². The first-order valence-electron chi connectivity index (χ1n) is 10.8. The molecule has 8 nitrogen and oxygen atoms in total. The summed E-state index contributed by atoms with van der Waals surface area (Å²) in [5.74, 6) is 1.55. The molecule has 0 aliphatic carbocycles. The van der Waals surface area contributed by atoms with E-state index < -0.39 is 5.72 Å². The van der Waals surface area contributed by atoms with Crippen molar-refractivity contribution in [3.05, 3.63) is 54.1 Å². The maximum absolute atomic E-state index is 13.1. The molecule has 1 spiro atoms. The topological polar surface area (TPSA) is 80.3 Å². The van der Waals surface area contributed by atoms with Gasteiger partial charge in [0.05, 0.1) is 27.2 Å². The number of nitrogens with zero attached hydrogens (tertiary/aromatic N) is 2. The van der Waals surface area contributed by atoms with Crippen molar-refractivity contribution in [1.29, 1.82) is 0 Å². The Kier molecular flexibility index (Phi) is 6.50. The number of amides is 3. The van der Waals surface area contributed by atoms with Crippen molar-refractivity contribution in [3.8, 4) is 11.5 Å². The van der Waals surface area contributed by atoms with Gasteiger partial charge in [-0.15, -0.1) is 0 Å². The van der Waals surface area contributed by atoms with E-state index in [-0.39, 0.29) is 11.9 Å². The lowest BCUT2D eigenvalue weighted by atomic mass is 9.98. The monoisotopic (exact) mass is 439 g/mol. The highest BCUT2D eigenvalue weighted by Crippen LogP contribution is 2.35. The van der Waals surface area contributed by atoms with Crippen LogP contribution in [0.25, 0.3) is 0 Å². The van der Waals surface area contributed by atoms with Gasteiger partial charge in [-0.3, -0.25) is 4.79 Å². The van der Waals surface area contributed by atoms with Crippen LogP contribution < -0.4 is 14.8 Å². The largest absolute Gasteiger partial charge is 0.497 e. The van der Waals surface area contributed by atoms with Crippen molar-refractivity contribution in [3.63, 3.8) is 0 Å². The Balaban J connectivity index is 1.34. The zero-order valence-electron chi connectivity index (χ0n) is 18.5. The molecule has 2 fully saturated rings. The molecule has 2 aliphatic rings. The number of hydrogen-bond donors (Lipinski definition) is 1. The summed E-state index contributed by atoms with van der Waals surface area (Å²) in [6.07, 6.45) is 1.51. The molecule has 0 aromatic heterocycles. The molecule has 2 aromatic rings. The minimum absolute atomic E-state index is 0.0452. The minimum atomic E-state index is -0.625. The fourth-order valence-electron chi connectivity index (χ4n) is 4.32. The highest BCUT2D eigenvalue weighted by Gasteiger charge is 2.47. The van der Waals surface area contributed by atoms with Crippen LogP contribution in [0, 0.1) is 0 Å². The van der Waals surface area contributed by atoms with Gasteiger partial charge in [-0.2, -0.15) is 0 Å². The van der Waals surface area contributed by atoms with E-state index >= 15 is 0 Å². The minimum Gasteiger partial charge on any atom is -0.497 e. The molecule has 0 unspecified atom stereocenters. The molecule has 8 heteroatoms. The fourth-order valence-corrected chi connectivity index (χ4v) is 4.32. The van der Waals surface area contributed by atoms with Gasteiger partial charge < -0.3 is 29.3 Å². The van der Waals surface area contributed by atoms with Crippen LogP contribution in [0.5, 0.6) is 11.5 Å². The molecule has 1 N–H and O–H groups in total. The summed E-state index contributed by atoms with van der Waals surface area (Å²) in [7, 11) is 3.22. The van der Waals surface area contributed by atoms with Gasteiger partial charge in [0.15, 0.2) is 0 Å². The number of benzene rings is 2. The molecule has 170 valence electrons. The van der Waals surface area contributed by atoms with E-state index in [9.17, 15) is 9.59 Å². The summed E-state index contributed by atoms with van der Waals surface area (Å²) in [6.45, 7) is 2.14. The molecule has 32 heavy (non-hydrogen) atoms. The Morgan fingerprint density at radius 1 is 0.938 bits per heavy atom. The maximum atomic E-state index is 13.1. The fraction of sp³-hybridized carbons (Fsp3) is 0.417. The Morgan fingerprint density at radius 3 is 2.12 bits per heavy atom. The van der Waals surface area contributed by atoms with E-state index in [4.69, 9.17) is 14.2 Å².